The van der Waals surface area contributed by atoms with Crippen molar-refractivity contribution in [1.29, 1.82) is 0 Å². The van der Waals surface area contributed by atoms with Gasteiger partial charge < -0.3 is 9.47 Å². The van der Waals surface area contributed by atoms with Gasteiger partial charge in [0.25, 0.3) is 0 Å². The van der Waals surface area contributed by atoms with E-state index in [1.54, 1.807) is 0 Å². The van der Waals surface area contributed by atoms with E-state index in [0.717, 1.165) is 18.3 Å². The molecule has 3 heteroatoms. The van der Waals surface area contributed by atoms with Crippen molar-refractivity contribution in [2.75, 3.05) is 0 Å². The summed E-state index contributed by atoms with van der Waals surface area (Å²) in [5.74, 6) is 1.67. The quantitative estimate of drug-likeness (QED) is 0.444. The molecule has 0 N–H and O–H groups in total. The summed E-state index contributed by atoms with van der Waals surface area (Å²) in [4.78, 5) is 0. The average molecular weight is 423 g/mol. The lowest BCUT2D eigenvalue weighted by Crippen LogP contribution is -2.54. The summed E-state index contributed by atoms with van der Waals surface area (Å²) in [5, 5.41) is 0.348. The van der Waals surface area contributed by atoms with Gasteiger partial charge in [0.05, 0.1) is 33.5 Å². The smallest absolute Gasteiger partial charge is 0.0849 e. The van der Waals surface area contributed by atoms with E-state index >= 15 is 0 Å². The summed E-state index contributed by atoms with van der Waals surface area (Å²) >= 11 is 0. The standard InChI is InChI=1S/C27H38O2Si/c1-27(2,3)30(4,5)26-23-16-22(23)17-24(28-18-20-12-8-6-9-13-20)25(26)29-19-21-14-10-7-11-15-21/h6-15,22-26H,16-19H2,1-5H3/t22-,23-,24+,25+,26+/m1/s1. The van der Waals surface area contributed by atoms with E-state index in [-0.39, 0.29) is 12.2 Å². The Morgan fingerprint density at radius 2 is 1.33 bits per heavy atom. The van der Waals surface area contributed by atoms with Crippen molar-refractivity contribution in [2.24, 2.45) is 11.8 Å². The van der Waals surface area contributed by atoms with Crippen molar-refractivity contribution >= 4 is 8.07 Å². The third-order valence-corrected chi connectivity index (χ3v) is 14.3. The molecule has 0 amide bonds. The van der Waals surface area contributed by atoms with Gasteiger partial charge in [0.15, 0.2) is 0 Å². The van der Waals surface area contributed by atoms with Crippen LogP contribution in [0.2, 0.25) is 23.7 Å². The molecule has 2 fully saturated rings. The highest BCUT2D eigenvalue weighted by Crippen LogP contribution is 2.63. The summed E-state index contributed by atoms with van der Waals surface area (Å²) in [6.07, 6.45) is 2.91. The molecule has 30 heavy (non-hydrogen) atoms. The fourth-order valence-corrected chi connectivity index (χ4v) is 8.86. The molecule has 2 aliphatic carbocycles. The van der Waals surface area contributed by atoms with Crippen LogP contribution >= 0.6 is 0 Å². The van der Waals surface area contributed by atoms with Crippen LogP contribution in [0.25, 0.3) is 0 Å². The highest BCUT2D eigenvalue weighted by molar-refractivity contribution is 6.81. The normalized spacial score (nSPS) is 28.8. The first-order valence-electron chi connectivity index (χ1n) is 11.6. The molecule has 0 heterocycles. The van der Waals surface area contributed by atoms with Crippen molar-refractivity contribution in [3.05, 3.63) is 71.8 Å². The third-order valence-electron chi connectivity index (χ3n) is 8.05. The molecule has 2 aromatic carbocycles. The van der Waals surface area contributed by atoms with Gasteiger partial charge in [-0.25, -0.2) is 0 Å². The fourth-order valence-electron chi connectivity index (χ4n) is 5.25. The molecule has 0 saturated heterocycles. The van der Waals surface area contributed by atoms with Crippen LogP contribution in [-0.4, -0.2) is 20.3 Å². The Morgan fingerprint density at radius 3 is 1.87 bits per heavy atom. The molecular formula is C27H38O2Si. The highest BCUT2D eigenvalue weighted by atomic mass is 28.3. The lowest BCUT2D eigenvalue weighted by Gasteiger charge is -2.50. The zero-order chi connectivity index (χ0) is 21.4. The van der Waals surface area contributed by atoms with E-state index in [2.05, 4.69) is 94.5 Å². The van der Waals surface area contributed by atoms with Crippen LogP contribution in [0, 0.1) is 11.8 Å². The monoisotopic (exact) mass is 422 g/mol. The maximum atomic E-state index is 6.77. The van der Waals surface area contributed by atoms with Crippen LogP contribution in [0.1, 0.15) is 44.7 Å². The molecule has 4 rings (SSSR count). The predicted molar refractivity (Wildman–Crippen MR) is 127 cm³/mol. The van der Waals surface area contributed by atoms with Crippen molar-refractivity contribution in [3.8, 4) is 0 Å². The van der Waals surface area contributed by atoms with E-state index in [1.807, 2.05) is 0 Å². The summed E-state index contributed by atoms with van der Waals surface area (Å²) in [6, 6.07) is 21.2. The third kappa shape index (κ3) is 4.59. The number of hydrogen-bond acceptors (Lipinski definition) is 2. The van der Waals surface area contributed by atoms with E-state index in [1.165, 1.54) is 17.5 Å². The van der Waals surface area contributed by atoms with Crippen molar-refractivity contribution in [2.45, 2.75) is 82.7 Å². The summed E-state index contributed by atoms with van der Waals surface area (Å²) < 4.78 is 13.4. The molecule has 2 nitrogen and oxygen atoms in total. The SMILES string of the molecule is CC(C)(C)[Si](C)(C)[C@H]1[C@@H]2C[C@@H]2C[C@H](OCc2ccccc2)[C@@H]1OCc1ccccc1. The zero-order valence-electron chi connectivity index (χ0n) is 19.3. The molecule has 2 aromatic rings. The average Bonchev–Trinajstić information content (AvgIpc) is 3.49. The fraction of sp³-hybridized carbons (Fsp3) is 0.556. The van der Waals surface area contributed by atoms with Gasteiger partial charge in [-0.15, -0.1) is 0 Å². The molecule has 2 aliphatic rings. The highest BCUT2D eigenvalue weighted by Gasteiger charge is 2.61. The van der Waals surface area contributed by atoms with Gasteiger partial charge in [0.2, 0.25) is 0 Å². The minimum atomic E-state index is -1.58. The lowest BCUT2D eigenvalue weighted by molar-refractivity contribution is -0.107. The second-order valence-corrected chi connectivity index (χ2v) is 16.6. The Kier molecular flexibility index (Phi) is 6.25. The molecule has 0 bridgehead atoms. The van der Waals surface area contributed by atoms with Crippen LogP contribution in [0.4, 0.5) is 0 Å². The second kappa shape index (κ2) is 8.61. The minimum Gasteiger partial charge on any atom is -0.371 e. The number of hydrogen-bond donors (Lipinski definition) is 0. The topological polar surface area (TPSA) is 18.5 Å². The van der Waals surface area contributed by atoms with E-state index in [0.29, 0.717) is 23.8 Å². The van der Waals surface area contributed by atoms with Gasteiger partial charge in [0, 0.05) is 0 Å². The number of rotatable bonds is 7. The van der Waals surface area contributed by atoms with Gasteiger partial charge in [-0.05, 0) is 46.4 Å². The van der Waals surface area contributed by atoms with Gasteiger partial charge in [-0.1, -0.05) is 94.5 Å². The van der Waals surface area contributed by atoms with E-state index in [9.17, 15) is 0 Å². The molecule has 0 aromatic heterocycles. The molecular weight excluding hydrogens is 384 g/mol. The molecule has 2 saturated carbocycles. The van der Waals surface area contributed by atoms with Crippen LogP contribution in [0.15, 0.2) is 60.7 Å². The Hall–Kier alpha value is -1.42. The molecule has 162 valence electrons. The van der Waals surface area contributed by atoms with E-state index < -0.39 is 8.07 Å². The summed E-state index contributed by atoms with van der Waals surface area (Å²) in [6.45, 7) is 13.9. The Labute approximate surface area is 184 Å². The molecule has 0 radical (unpaired) electrons. The minimum absolute atomic E-state index is 0.191. The Bertz CT molecular complexity index is 812. The van der Waals surface area contributed by atoms with Gasteiger partial charge in [-0.2, -0.15) is 0 Å². The number of benzene rings is 2. The second-order valence-electron chi connectivity index (χ2n) is 11.0. The maximum absolute atomic E-state index is 6.77. The number of fused-ring (bicyclic) bond motifs is 1. The Balaban J connectivity index is 1.57. The van der Waals surface area contributed by atoms with Crippen LogP contribution in [0.3, 0.4) is 0 Å². The van der Waals surface area contributed by atoms with E-state index in [4.69, 9.17) is 9.47 Å². The summed E-state index contributed by atoms with van der Waals surface area (Å²) in [5.41, 5.74) is 3.16. The number of ether oxygens (including phenoxy) is 2. The van der Waals surface area contributed by atoms with Crippen molar-refractivity contribution in [3.63, 3.8) is 0 Å². The van der Waals surface area contributed by atoms with Crippen LogP contribution < -0.4 is 0 Å². The molecule has 5 atom stereocenters. The lowest BCUT2D eigenvalue weighted by atomic mass is 9.93. The molecule has 0 spiro atoms. The predicted octanol–water partition coefficient (Wildman–Crippen LogP) is 7.08. The van der Waals surface area contributed by atoms with Crippen LogP contribution in [0.5, 0.6) is 0 Å². The largest absolute Gasteiger partial charge is 0.371 e. The van der Waals surface area contributed by atoms with Gasteiger partial charge >= 0.3 is 0 Å². The first-order valence-corrected chi connectivity index (χ1v) is 14.7. The maximum Gasteiger partial charge on any atom is 0.0849 e. The van der Waals surface area contributed by atoms with Crippen molar-refractivity contribution < 1.29 is 9.47 Å². The molecule has 0 unspecified atom stereocenters. The zero-order valence-corrected chi connectivity index (χ0v) is 20.3. The summed E-state index contributed by atoms with van der Waals surface area (Å²) in [7, 11) is -1.58. The van der Waals surface area contributed by atoms with Gasteiger partial charge in [0.1, 0.15) is 0 Å². The van der Waals surface area contributed by atoms with Crippen LogP contribution in [-0.2, 0) is 22.7 Å². The molecule has 0 aliphatic heterocycles. The first kappa shape index (κ1) is 21.8. The van der Waals surface area contributed by atoms with Gasteiger partial charge in [-0.3, -0.25) is 0 Å². The van der Waals surface area contributed by atoms with Crippen molar-refractivity contribution in [1.82, 2.24) is 0 Å². The Morgan fingerprint density at radius 1 is 0.800 bits per heavy atom. The first-order chi connectivity index (χ1) is 14.3.